The van der Waals surface area contributed by atoms with Crippen molar-refractivity contribution >= 4 is 17.9 Å². The molecule has 0 fully saturated rings. The maximum absolute atomic E-state index is 12.5. The Bertz CT molecular complexity index is 995. The fourth-order valence-corrected chi connectivity index (χ4v) is 5.82. The van der Waals surface area contributed by atoms with Gasteiger partial charge in [0.1, 0.15) is 12.6 Å². The second-order valence-electron chi connectivity index (χ2n) is 14.8. The number of carbonyl (C=O) groups excluding carboxylic acids is 3. The van der Waals surface area contributed by atoms with Crippen molar-refractivity contribution in [2.24, 2.45) is 0 Å². The monoisotopic (exact) mass is 732 g/mol. The van der Waals surface area contributed by atoms with E-state index in [-0.39, 0.29) is 43.1 Å². The first-order valence-corrected chi connectivity index (χ1v) is 20.7. The Morgan fingerprint density at radius 2 is 1.06 bits per heavy atom. The normalized spacial score (nSPS) is 13.5. The Morgan fingerprint density at radius 3 is 1.56 bits per heavy atom. The lowest BCUT2D eigenvalue weighted by Crippen LogP contribution is -2.55. The number of aliphatic carboxylic acids is 1. The van der Waals surface area contributed by atoms with Gasteiger partial charge in [-0.1, -0.05) is 140 Å². The van der Waals surface area contributed by atoms with Crippen LogP contribution in [0, 0.1) is 0 Å². The number of carboxylic acids is 1. The second-order valence-corrected chi connectivity index (χ2v) is 14.8. The molecule has 0 rings (SSSR count). The fourth-order valence-electron chi connectivity index (χ4n) is 5.82. The van der Waals surface area contributed by atoms with Gasteiger partial charge in [-0.3, -0.25) is 9.59 Å². The third-order valence-electron chi connectivity index (χ3n) is 8.97. The molecule has 0 aliphatic rings. The van der Waals surface area contributed by atoms with Crippen LogP contribution in [-0.4, -0.2) is 75.5 Å². The van der Waals surface area contributed by atoms with Gasteiger partial charge in [-0.2, -0.15) is 0 Å². The van der Waals surface area contributed by atoms with Crippen LogP contribution in [-0.2, 0) is 28.6 Å². The minimum atomic E-state index is -1.14. The number of ether oxygens (including phenoxy) is 3. The Kier molecular flexibility index (Phi) is 33.5. The number of hydrogen-bond donors (Lipinski definition) is 0. The molecule has 52 heavy (non-hydrogen) atoms. The summed E-state index contributed by atoms with van der Waals surface area (Å²) in [6, 6.07) is -0.732. The molecule has 0 aromatic heterocycles. The summed E-state index contributed by atoms with van der Waals surface area (Å²) in [6.45, 7) is 4.34. The van der Waals surface area contributed by atoms with Gasteiger partial charge in [-0.15, -0.1) is 0 Å². The van der Waals surface area contributed by atoms with Crippen molar-refractivity contribution in [3.63, 3.8) is 0 Å². The van der Waals surface area contributed by atoms with E-state index in [2.05, 4.69) is 50.3 Å². The fraction of sp³-hybridized carbons (Fsp3) is 0.750. The van der Waals surface area contributed by atoms with E-state index in [0.717, 1.165) is 44.9 Å². The summed E-state index contributed by atoms with van der Waals surface area (Å²) in [7, 11) is 5.37. The van der Waals surface area contributed by atoms with Crippen molar-refractivity contribution in [3.05, 3.63) is 48.6 Å². The highest BCUT2D eigenvalue weighted by Gasteiger charge is 2.25. The first kappa shape index (κ1) is 49.3. The first-order chi connectivity index (χ1) is 25.1. The molecule has 0 radical (unpaired) electrons. The predicted octanol–water partition coefficient (Wildman–Crippen LogP) is 9.52. The number of unbranched alkanes of at least 4 members (excludes halogenated alkanes) is 14. The number of esters is 2. The van der Waals surface area contributed by atoms with E-state index in [1.165, 1.54) is 77.0 Å². The summed E-state index contributed by atoms with van der Waals surface area (Å²) in [6.07, 6.45) is 40.5. The molecule has 8 nitrogen and oxygen atoms in total. The van der Waals surface area contributed by atoms with Crippen LogP contribution in [0.15, 0.2) is 48.6 Å². The largest absolute Gasteiger partial charge is 0.544 e. The summed E-state index contributed by atoms with van der Waals surface area (Å²) >= 11 is 0. The third-order valence-corrected chi connectivity index (χ3v) is 8.97. The zero-order valence-electron chi connectivity index (χ0n) is 34.0. The summed E-state index contributed by atoms with van der Waals surface area (Å²) in [4.78, 5) is 36.5. The molecule has 0 aromatic carbocycles. The standard InChI is InChI=1S/C44H77NO7/c1-6-8-10-12-14-15-16-17-18-19-20-21-22-23-24-25-26-27-29-30-32-34-42(46)51-39-40(38-50-37-36-41(44(48)49)45(3,4)5)52-43(47)35-33-31-28-13-11-9-7-2/h8-11,14-15,28,31,40-41H,6-7,12-13,16-27,29-30,32-39H2,1-5H3/b10-8+,11-9+,15-14+,31-28+. The minimum Gasteiger partial charge on any atom is -0.544 e. The number of rotatable bonds is 36. The second kappa shape index (κ2) is 35.3. The van der Waals surface area contributed by atoms with Gasteiger partial charge < -0.3 is 28.6 Å². The zero-order valence-corrected chi connectivity index (χ0v) is 34.0. The van der Waals surface area contributed by atoms with Crippen molar-refractivity contribution in [3.8, 4) is 0 Å². The van der Waals surface area contributed by atoms with Crippen molar-refractivity contribution in [1.29, 1.82) is 0 Å². The molecule has 8 heteroatoms. The first-order valence-electron chi connectivity index (χ1n) is 20.7. The van der Waals surface area contributed by atoms with Crippen molar-refractivity contribution in [2.75, 3.05) is 41.0 Å². The molecular formula is C44H77NO7. The third kappa shape index (κ3) is 33.1. The van der Waals surface area contributed by atoms with E-state index in [4.69, 9.17) is 14.2 Å². The van der Waals surface area contributed by atoms with Gasteiger partial charge >= 0.3 is 11.9 Å². The molecule has 0 bridgehead atoms. The van der Waals surface area contributed by atoms with Crippen LogP contribution in [0.2, 0.25) is 0 Å². The SMILES string of the molecule is CC/C=C/C/C=C/CCCCCCCCCCCCCCCCC(=O)OCC(COCCC(C(=O)[O-])[N+](C)(C)C)OC(=O)CC/C=C/C/C=C/CC. The van der Waals surface area contributed by atoms with Crippen molar-refractivity contribution in [2.45, 2.75) is 174 Å². The van der Waals surface area contributed by atoms with Crippen LogP contribution in [0.5, 0.6) is 0 Å². The van der Waals surface area contributed by atoms with Gasteiger partial charge in [0.15, 0.2) is 6.10 Å². The molecule has 0 saturated heterocycles. The Morgan fingerprint density at radius 1 is 0.577 bits per heavy atom. The van der Waals surface area contributed by atoms with E-state index < -0.39 is 24.1 Å². The smallest absolute Gasteiger partial charge is 0.306 e. The predicted molar refractivity (Wildman–Crippen MR) is 213 cm³/mol. The number of allylic oxidation sites excluding steroid dienone is 8. The number of hydrogen-bond acceptors (Lipinski definition) is 7. The average Bonchev–Trinajstić information content (AvgIpc) is 3.09. The number of carboxylic acid groups (broad SMARTS) is 1. The van der Waals surface area contributed by atoms with Gasteiger partial charge in [-0.05, 0) is 51.4 Å². The molecule has 0 saturated carbocycles. The summed E-state index contributed by atoms with van der Waals surface area (Å²) in [5.41, 5.74) is 0. The summed E-state index contributed by atoms with van der Waals surface area (Å²) in [5, 5.41) is 11.6. The van der Waals surface area contributed by atoms with Gasteiger partial charge in [0.2, 0.25) is 0 Å². The van der Waals surface area contributed by atoms with Crippen LogP contribution in [0.3, 0.4) is 0 Å². The lowest BCUT2D eigenvalue weighted by Gasteiger charge is -2.34. The van der Waals surface area contributed by atoms with Crippen molar-refractivity contribution < 1.29 is 38.2 Å². The van der Waals surface area contributed by atoms with E-state index in [1.807, 2.05) is 12.2 Å². The van der Waals surface area contributed by atoms with Gasteiger partial charge in [0.05, 0.1) is 40.3 Å². The maximum atomic E-state index is 12.5. The number of likely N-dealkylation sites (N-methyl/N-ethyl adjacent to an activating group) is 1. The van der Waals surface area contributed by atoms with Gasteiger partial charge in [-0.25, -0.2) is 0 Å². The van der Waals surface area contributed by atoms with Crippen LogP contribution in [0.1, 0.15) is 162 Å². The minimum absolute atomic E-state index is 0.0173. The van der Waals surface area contributed by atoms with Crippen LogP contribution in [0.4, 0.5) is 0 Å². The molecule has 300 valence electrons. The zero-order chi connectivity index (χ0) is 38.5. The van der Waals surface area contributed by atoms with E-state index in [1.54, 1.807) is 21.1 Å². The summed E-state index contributed by atoms with van der Waals surface area (Å²) in [5.74, 6) is -1.83. The molecule has 2 unspecified atom stereocenters. The lowest BCUT2D eigenvalue weighted by atomic mass is 10.0. The van der Waals surface area contributed by atoms with E-state index in [9.17, 15) is 19.5 Å². The molecule has 0 spiro atoms. The number of nitrogens with zero attached hydrogens (tertiary/aromatic N) is 1. The Hall–Kier alpha value is -2.71. The lowest BCUT2D eigenvalue weighted by molar-refractivity contribution is -0.889. The quantitative estimate of drug-likeness (QED) is 0.0274. The maximum Gasteiger partial charge on any atom is 0.306 e. The molecular weight excluding hydrogens is 654 g/mol. The van der Waals surface area contributed by atoms with Gasteiger partial charge in [0, 0.05) is 19.3 Å². The molecule has 0 aromatic rings. The van der Waals surface area contributed by atoms with Crippen LogP contribution < -0.4 is 5.11 Å². The Labute approximate surface area is 318 Å². The molecule has 0 heterocycles. The highest BCUT2D eigenvalue weighted by Crippen LogP contribution is 2.15. The molecule has 0 N–H and O–H groups in total. The van der Waals surface area contributed by atoms with Crippen molar-refractivity contribution in [1.82, 2.24) is 0 Å². The van der Waals surface area contributed by atoms with Gasteiger partial charge in [0.25, 0.3) is 0 Å². The highest BCUT2D eigenvalue weighted by atomic mass is 16.6. The molecule has 2 atom stereocenters. The molecule has 0 amide bonds. The number of quaternary nitrogens is 1. The van der Waals surface area contributed by atoms with E-state index >= 15 is 0 Å². The topological polar surface area (TPSA) is 102 Å². The van der Waals surface area contributed by atoms with E-state index in [0.29, 0.717) is 12.8 Å². The molecule has 0 aliphatic carbocycles. The van der Waals surface area contributed by atoms with Crippen LogP contribution in [0.25, 0.3) is 0 Å². The highest BCUT2D eigenvalue weighted by molar-refractivity contribution is 5.70. The number of carbonyl (C=O) groups is 3. The average molecular weight is 732 g/mol. The van der Waals surface area contributed by atoms with Crippen LogP contribution >= 0.6 is 0 Å². The molecule has 0 aliphatic heterocycles. The summed E-state index contributed by atoms with van der Waals surface area (Å²) < 4.78 is 17.0. The Balaban J connectivity index is 4.16.